The number of carbonyl (C=O) groups excluding carboxylic acids is 1. The molecular weight excluding hydrogens is 414 g/mol. The number of sulfonamides is 1. The fraction of sp³-hybridized carbons (Fsp3) is 0.435. The fourth-order valence-electron chi connectivity index (χ4n) is 3.67. The molecule has 0 radical (unpaired) electrons. The predicted molar refractivity (Wildman–Crippen MR) is 124 cm³/mol. The number of hydrogen-bond acceptors (Lipinski definition) is 5. The highest BCUT2D eigenvalue weighted by atomic mass is 32.2. The van der Waals surface area contributed by atoms with Gasteiger partial charge in [0.15, 0.2) is 0 Å². The summed E-state index contributed by atoms with van der Waals surface area (Å²) in [4.78, 5) is 15.0. The molecule has 1 aliphatic rings. The summed E-state index contributed by atoms with van der Waals surface area (Å²) in [5.74, 6) is -0.345. The van der Waals surface area contributed by atoms with Gasteiger partial charge in [0.05, 0.1) is 25.2 Å². The van der Waals surface area contributed by atoms with Crippen LogP contribution in [0.25, 0.3) is 0 Å². The summed E-state index contributed by atoms with van der Waals surface area (Å²) >= 11 is 0. The van der Waals surface area contributed by atoms with E-state index in [0.717, 1.165) is 55.8 Å². The van der Waals surface area contributed by atoms with Gasteiger partial charge in [0.1, 0.15) is 6.04 Å². The minimum absolute atomic E-state index is 0.332. The Labute approximate surface area is 185 Å². The van der Waals surface area contributed by atoms with Crippen molar-refractivity contribution in [2.75, 3.05) is 41.8 Å². The Kier molecular flexibility index (Phi) is 7.56. The molecule has 1 fully saturated rings. The van der Waals surface area contributed by atoms with Crippen molar-refractivity contribution in [1.29, 1.82) is 0 Å². The van der Waals surface area contributed by atoms with Gasteiger partial charge < -0.3 is 15.0 Å². The lowest BCUT2D eigenvalue weighted by Crippen LogP contribution is -2.47. The van der Waals surface area contributed by atoms with Crippen molar-refractivity contribution in [3.63, 3.8) is 0 Å². The summed E-state index contributed by atoms with van der Waals surface area (Å²) in [5, 5.41) is 2.86. The van der Waals surface area contributed by atoms with Crippen LogP contribution in [0, 0.1) is 0 Å². The topological polar surface area (TPSA) is 79.0 Å². The molecule has 8 heteroatoms. The third-order valence-electron chi connectivity index (χ3n) is 5.47. The molecule has 7 nitrogen and oxygen atoms in total. The Balaban J connectivity index is 1.64. The highest BCUT2D eigenvalue weighted by Crippen LogP contribution is 2.22. The number of hydrogen-bond donors (Lipinski definition) is 1. The fourth-order valence-corrected chi connectivity index (χ4v) is 4.85. The zero-order valence-corrected chi connectivity index (χ0v) is 19.2. The van der Waals surface area contributed by atoms with Crippen molar-refractivity contribution in [2.24, 2.45) is 0 Å². The zero-order chi connectivity index (χ0) is 22.4. The summed E-state index contributed by atoms with van der Waals surface area (Å²) in [6.45, 7) is 7.17. The molecule has 1 aliphatic heterocycles. The quantitative estimate of drug-likeness (QED) is 0.676. The average molecular weight is 446 g/mol. The molecule has 31 heavy (non-hydrogen) atoms. The van der Waals surface area contributed by atoms with Crippen molar-refractivity contribution in [2.45, 2.75) is 32.9 Å². The van der Waals surface area contributed by atoms with E-state index in [1.807, 2.05) is 43.3 Å². The van der Waals surface area contributed by atoms with Gasteiger partial charge >= 0.3 is 0 Å². The van der Waals surface area contributed by atoms with Gasteiger partial charge in [-0.05, 0) is 48.7 Å². The molecule has 1 amide bonds. The van der Waals surface area contributed by atoms with E-state index < -0.39 is 16.1 Å². The minimum atomic E-state index is -3.63. The monoisotopic (exact) mass is 445 g/mol. The van der Waals surface area contributed by atoms with Gasteiger partial charge in [-0.2, -0.15) is 0 Å². The largest absolute Gasteiger partial charge is 0.378 e. The maximum absolute atomic E-state index is 12.8. The maximum atomic E-state index is 12.8. The molecule has 0 spiro atoms. The van der Waals surface area contributed by atoms with E-state index in [1.165, 1.54) is 4.31 Å². The molecule has 0 saturated carbocycles. The number of morpholine rings is 1. The van der Waals surface area contributed by atoms with E-state index in [0.29, 0.717) is 12.2 Å². The Bertz CT molecular complexity index is 969. The maximum Gasteiger partial charge on any atom is 0.243 e. The molecule has 0 bridgehead atoms. The first-order valence-electron chi connectivity index (χ1n) is 10.6. The SMILES string of the molecule is CCc1ccc(N(C(C)C(=O)NCc2ccc(N3CCOCC3)cc2)S(C)(=O)=O)cc1. The lowest BCUT2D eigenvalue weighted by Gasteiger charge is -2.29. The number of nitrogens with zero attached hydrogens (tertiary/aromatic N) is 2. The first-order chi connectivity index (χ1) is 14.8. The highest BCUT2D eigenvalue weighted by Gasteiger charge is 2.29. The van der Waals surface area contributed by atoms with Crippen LogP contribution in [0.1, 0.15) is 25.0 Å². The first kappa shape index (κ1) is 23.1. The van der Waals surface area contributed by atoms with Crippen LogP contribution in [0.4, 0.5) is 11.4 Å². The van der Waals surface area contributed by atoms with Crippen LogP contribution in [0.5, 0.6) is 0 Å². The number of nitrogens with one attached hydrogen (secondary N) is 1. The molecule has 0 aliphatic carbocycles. The number of anilines is 2. The number of benzene rings is 2. The summed E-state index contributed by atoms with van der Waals surface area (Å²) < 4.78 is 31.4. The van der Waals surface area contributed by atoms with Gasteiger partial charge in [-0.15, -0.1) is 0 Å². The Hall–Kier alpha value is -2.58. The molecule has 1 N–H and O–H groups in total. The number of amides is 1. The van der Waals surface area contributed by atoms with E-state index in [-0.39, 0.29) is 5.91 Å². The van der Waals surface area contributed by atoms with Crippen LogP contribution in [0.15, 0.2) is 48.5 Å². The summed E-state index contributed by atoms with van der Waals surface area (Å²) in [6, 6.07) is 14.4. The molecule has 3 rings (SSSR count). The van der Waals surface area contributed by atoms with Crippen molar-refractivity contribution in [3.8, 4) is 0 Å². The second-order valence-corrected chi connectivity index (χ2v) is 9.60. The molecule has 1 saturated heterocycles. The molecule has 1 atom stereocenters. The van der Waals surface area contributed by atoms with Crippen LogP contribution in [0.3, 0.4) is 0 Å². The standard InChI is InChI=1S/C23H31N3O4S/c1-4-19-5-11-22(12-6-19)26(31(3,28)29)18(2)23(27)24-17-20-7-9-21(10-8-20)25-13-15-30-16-14-25/h5-12,18H,4,13-17H2,1-3H3,(H,24,27). The molecule has 2 aromatic rings. The van der Waals surface area contributed by atoms with Crippen LogP contribution >= 0.6 is 0 Å². The van der Waals surface area contributed by atoms with Crippen LogP contribution in [-0.2, 0) is 32.5 Å². The van der Waals surface area contributed by atoms with Crippen LogP contribution in [0.2, 0.25) is 0 Å². The third kappa shape index (κ3) is 5.98. The normalized spacial score (nSPS) is 15.4. The lowest BCUT2D eigenvalue weighted by atomic mass is 10.1. The van der Waals surface area contributed by atoms with Crippen molar-refractivity contribution in [3.05, 3.63) is 59.7 Å². The Morgan fingerprint density at radius 1 is 1.06 bits per heavy atom. The van der Waals surface area contributed by atoms with Crippen molar-refractivity contribution in [1.82, 2.24) is 5.32 Å². The van der Waals surface area contributed by atoms with E-state index in [2.05, 4.69) is 10.2 Å². The van der Waals surface area contributed by atoms with Gasteiger partial charge in [-0.25, -0.2) is 8.42 Å². The second kappa shape index (κ2) is 10.2. The van der Waals surface area contributed by atoms with Crippen molar-refractivity contribution >= 4 is 27.3 Å². The lowest BCUT2D eigenvalue weighted by molar-refractivity contribution is -0.122. The number of aryl methyl sites for hydroxylation is 1. The Morgan fingerprint density at radius 3 is 2.19 bits per heavy atom. The summed E-state index contributed by atoms with van der Waals surface area (Å²) in [5.41, 5.74) is 3.67. The molecule has 168 valence electrons. The minimum Gasteiger partial charge on any atom is -0.378 e. The average Bonchev–Trinajstić information content (AvgIpc) is 2.78. The van der Waals surface area contributed by atoms with E-state index in [1.54, 1.807) is 19.1 Å². The van der Waals surface area contributed by atoms with Gasteiger partial charge in [0.25, 0.3) is 0 Å². The summed E-state index contributed by atoms with van der Waals surface area (Å²) in [7, 11) is -3.63. The smallest absolute Gasteiger partial charge is 0.243 e. The molecule has 1 heterocycles. The van der Waals surface area contributed by atoms with Gasteiger partial charge in [0, 0.05) is 25.3 Å². The van der Waals surface area contributed by atoms with Gasteiger partial charge in [-0.1, -0.05) is 31.2 Å². The highest BCUT2D eigenvalue weighted by molar-refractivity contribution is 7.92. The molecular formula is C23H31N3O4S. The van der Waals surface area contributed by atoms with Crippen molar-refractivity contribution < 1.29 is 17.9 Å². The zero-order valence-electron chi connectivity index (χ0n) is 18.4. The number of carbonyl (C=O) groups is 1. The first-order valence-corrected chi connectivity index (χ1v) is 12.4. The Morgan fingerprint density at radius 2 is 1.65 bits per heavy atom. The predicted octanol–water partition coefficient (Wildman–Crippen LogP) is 2.56. The van der Waals surface area contributed by atoms with Gasteiger partial charge in [-0.3, -0.25) is 9.10 Å². The summed E-state index contributed by atoms with van der Waals surface area (Å²) in [6.07, 6.45) is 1.98. The van der Waals surface area contributed by atoms with Crippen LogP contribution < -0.4 is 14.5 Å². The number of rotatable bonds is 8. The van der Waals surface area contributed by atoms with Gasteiger partial charge in [0.2, 0.25) is 15.9 Å². The van der Waals surface area contributed by atoms with E-state index in [9.17, 15) is 13.2 Å². The molecule has 1 unspecified atom stereocenters. The van der Waals surface area contributed by atoms with E-state index >= 15 is 0 Å². The molecule has 0 aromatic heterocycles. The third-order valence-corrected chi connectivity index (χ3v) is 6.71. The van der Waals surface area contributed by atoms with E-state index in [4.69, 9.17) is 4.74 Å². The van der Waals surface area contributed by atoms with Crippen LogP contribution in [-0.4, -0.2) is 52.9 Å². The second-order valence-electron chi connectivity index (χ2n) is 7.74. The molecule has 2 aromatic carbocycles. The number of ether oxygens (including phenoxy) is 1.